The number of fused-ring (bicyclic) bond motifs is 1. The number of benzene rings is 5. The molecule has 63 heavy (non-hydrogen) atoms. The molecule has 318 valence electrons. The van der Waals surface area contributed by atoms with Crippen molar-refractivity contribution in [1.82, 2.24) is 15.2 Å². The van der Waals surface area contributed by atoms with Crippen molar-refractivity contribution in [1.29, 1.82) is 0 Å². The highest BCUT2D eigenvalue weighted by Gasteiger charge is 2.55. The van der Waals surface area contributed by atoms with Crippen molar-refractivity contribution >= 4 is 63.0 Å². The molecule has 0 aliphatic carbocycles. The van der Waals surface area contributed by atoms with Gasteiger partial charge in [-0.15, -0.1) is 23.1 Å². The van der Waals surface area contributed by atoms with Gasteiger partial charge in [-0.25, -0.2) is 4.98 Å². The number of rotatable bonds is 14. The van der Waals surface area contributed by atoms with E-state index in [-0.39, 0.29) is 22.6 Å². The number of hydrogen-bond acceptors (Lipinski definition) is 11. The van der Waals surface area contributed by atoms with Crippen molar-refractivity contribution in [3.63, 3.8) is 0 Å². The van der Waals surface area contributed by atoms with E-state index in [0.717, 1.165) is 46.2 Å². The van der Waals surface area contributed by atoms with Crippen LogP contribution in [0.3, 0.4) is 0 Å². The summed E-state index contributed by atoms with van der Waals surface area (Å²) in [6, 6.07) is 49.7. The van der Waals surface area contributed by atoms with Gasteiger partial charge in [0.15, 0.2) is 10.8 Å². The first kappa shape index (κ1) is 42.2. The van der Waals surface area contributed by atoms with E-state index in [0.29, 0.717) is 35.5 Å². The van der Waals surface area contributed by atoms with Gasteiger partial charge in [-0.3, -0.25) is 14.5 Å². The maximum atomic E-state index is 14.4. The molecule has 6 aromatic rings. The van der Waals surface area contributed by atoms with Gasteiger partial charge in [-0.1, -0.05) is 157 Å². The van der Waals surface area contributed by atoms with Crippen LogP contribution in [0.4, 0.5) is 5.13 Å². The number of thioether (sulfide) groups is 1. The van der Waals surface area contributed by atoms with E-state index in [1.54, 1.807) is 22.0 Å². The second-order valence-electron chi connectivity index (χ2n) is 15.4. The molecule has 2 amide bonds. The molecule has 2 saturated heterocycles. The number of amides is 2. The number of oxime groups is 1. The van der Waals surface area contributed by atoms with Crippen LogP contribution >= 0.6 is 35.3 Å². The monoisotopic (exact) mass is 891 g/mol. The van der Waals surface area contributed by atoms with Gasteiger partial charge in [-0.2, -0.15) is 0 Å². The Bertz CT molecular complexity index is 2470. The van der Waals surface area contributed by atoms with Crippen LogP contribution in [0.15, 0.2) is 173 Å². The van der Waals surface area contributed by atoms with Crippen LogP contribution in [0.1, 0.15) is 52.5 Å². The van der Waals surface area contributed by atoms with E-state index in [9.17, 15) is 9.59 Å². The van der Waals surface area contributed by atoms with E-state index >= 15 is 0 Å². The summed E-state index contributed by atoms with van der Waals surface area (Å²) in [7, 11) is 1.38. The average Bonchev–Trinajstić information content (AvgIpc) is 3.82. The number of carbonyl (C=O) groups excluding carboxylic acids is 2. The van der Waals surface area contributed by atoms with Gasteiger partial charge in [0.2, 0.25) is 5.05 Å². The fourth-order valence-electron chi connectivity index (χ4n) is 8.62. The predicted octanol–water partition coefficient (Wildman–Crippen LogP) is 9.11. The summed E-state index contributed by atoms with van der Waals surface area (Å²) in [5.41, 5.74) is 6.02. The highest BCUT2D eigenvalue weighted by Crippen LogP contribution is 2.46. The maximum Gasteiger partial charge on any atom is 0.276 e. The Morgan fingerprint density at radius 2 is 1.35 bits per heavy atom. The van der Waals surface area contributed by atoms with E-state index in [1.165, 1.54) is 18.4 Å². The third-order valence-corrected chi connectivity index (χ3v) is 14.0. The largest absolute Gasteiger partial charge is 0.469 e. The van der Waals surface area contributed by atoms with Gasteiger partial charge in [0.1, 0.15) is 35.9 Å². The molecule has 10 nitrogen and oxygen atoms in total. The smallest absolute Gasteiger partial charge is 0.276 e. The maximum absolute atomic E-state index is 14.4. The van der Waals surface area contributed by atoms with Crippen LogP contribution in [0.5, 0.6) is 0 Å². The lowest BCUT2D eigenvalue weighted by Crippen LogP contribution is -2.71. The Balaban J connectivity index is 0.983. The molecule has 3 aliphatic rings. The van der Waals surface area contributed by atoms with Crippen LogP contribution in [0, 0.1) is 5.92 Å². The molecule has 0 spiro atoms. The zero-order valence-corrected chi connectivity index (χ0v) is 36.9. The molecule has 0 bridgehead atoms. The summed E-state index contributed by atoms with van der Waals surface area (Å²) in [4.78, 5) is 40.5. The zero-order chi connectivity index (χ0) is 43.2. The lowest BCUT2D eigenvalue weighted by atomic mass is 9.77. The van der Waals surface area contributed by atoms with Crippen molar-refractivity contribution < 1.29 is 23.9 Å². The molecule has 0 radical (unpaired) electrons. The molecule has 1 aromatic heterocycles. The van der Waals surface area contributed by atoms with Crippen molar-refractivity contribution in [2.75, 3.05) is 31.4 Å². The number of thiazole rings is 1. The summed E-state index contributed by atoms with van der Waals surface area (Å²) in [5.74, 6) is -0.0645. The number of nitrogens with zero attached hydrogens (tertiary/aromatic N) is 3. The molecule has 3 aliphatic heterocycles. The zero-order valence-electron chi connectivity index (χ0n) is 34.5. The quantitative estimate of drug-likeness (QED) is 0.0364. The molecule has 5 aromatic carbocycles. The van der Waals surface area contributed by atoms with E-state index in [4.69, 9.17) is 31.5 Å². The Labute approximate surface area is 380 Å². The minimum Gasteiger partial charge on any atom is -0.469 e. The molecule has 2 fully saturated rings. The topological polar surface area (TPSA) is 114 Å². The van der Waals surface area contributed by atoms with Gasteiger partial charge >= 0.3 is 0 Å². The first-order valence-corrected chi connectivity index (χ1v) is 23.2. The molecule has 9 rings (SSSR count). The summed E-state index contributed by atoms with van der Waals surface area (Å²) in [6.07, 6.45) is 1.15. The van der Waals surface area contributed by atoms with Gasteiger partial charge in [-0.05, 0) is 64.4 Å². The van der Waals surface area contributed by atoms with Crippen LogP contribution in [0.25, 0.3) is 0 Å². The molecule has 4 heterocycles. The second kappa shape index (κ2) is 19.1. The number of anilines is 1. The first-order valence-electron chi connectivity index (χ1n) is 20.8. The fourth-order valence-corrected chi connectivity index (χ4v) is 11.2. The molecule has 1 unspecified atom stereocenters. The van der Waals surface area contributed by atoms with Gasteiger partial charge in [0.25, 0.3) is 11.8 Å². The predicted molar refractivity (Wildman–Crippen MR) is 252 cm³/mol. The normalized spacial score (nSPS) is 18.0. The second-order valence-corrected chi connectivity index (χ2v) is 17.7. The Morgan fingerprint density at radius 1 is 0.825 bits per heavy atom. The van der Waals surface area contributed by atoms with Gasteiger partial charge in [0.05, 0.1) is 5.70 Å². The highest BCUT2D eigenvalue weighted by atomic mass is 32.2. The number of ether oxygens (including phenoxy) is 2. The number of nitrogens with one attached hydrogen (secondary N) is 2. The van der Waals surface area contributed by atoms with Crippen LogP contribution in [-0.2, 0) is 29.4 Å². The Hall–Kier alpha value is -6.12. The summed E-state index contributed by atoms with van der Waals surface area (Å²) < 4.78 is 12.5. The third kappa shape index (κ3) is 8.53. The molecular weight excluding hydrogens is 847 g/mol. The van der Waals surface area contributed by atoms with Crippen LogP contribution in [-0.4, -0.2) is 70.0 Å². The first-order chi connectivity index (χ1) is 31.0. The molecule has 0 saturated carbocycles. The number of hydrogen-bond donors (Lipinski definition) is 2. The van der Waals surface area contributed by atoms with E-state index in [2.05, 4.69) is 52.2 Å². The van der Waals surface area contributed by atoms with Crippen molar-refractivity contribution in [2.45, 2.75) is 35.9 Å². The Morgan fingerprint density at radius 3 is 1.87 bits per heavy atom. The number of β-lactam (4-membered cyclic amide) rings is 1. The van der Waals surface area contributed by atoms with Crippen molar-refractivity contribution in [3.05, 3.63) is 202 Å². The number of thiocarbonyl (C=S) groups is 1. The lowest BCUT2D eigenvalue weighted by molar-refractivity contribution is -0.144. The lowest BCUT2D eigenvalue weighted by Gasteiger charge is -2.51. The van der Waals surface area contributed by atoms with E-state index in [1.807, 2.05) is 115 Å². The van der Waals surface area contributed by atoms with E-state index < -0.39 is 29.0 Å². The van der Waals surface area contributed by atoms with Crippen LogP contribution in [0.2, 0.25) is 0 Å². The highest BCUT2D eigenvalue weighted by molar-refractivity contribution is 8.00. The minimum absolute atomic E-state index is 0.0512. The SMILES string of the molecule is CO/N=C(\C(=O)NC1C(=O)N2C(C(=S)OC(c3ccccc3)c3ccccc3)=C(C3CCOCC3)CS[C@H]12)c1csc(NC(c2ccccc2)(c2ccccc2)c2ccccc2)n1. The van der Waals surface area contributed by atoms with Gasteiger partial charge < -0.3 is 24.9 Å². The molecule has 2 atom stereocenters. The average molecular weight is 892 g/mol. The number of carbonyl (C=O) groups is 2. The summed E-state index contributed by atoms with van der Waals surface area (Å²) in [6.45, 7) is 1.27. The Kier molecular flexibility index (Phi) is 12.8. The third-order valence-electron chi connectivity index (χ3n) is 11.7. The summed E-state index contributed by atoms with van der Waals surface area (Å²) in [5, 5.41) is 13.1. The van der Waals surface area contributed by atoms with Gasteiger partial charge in [0, 0.05) is 24.3 Å². The van der Waals surface area contributed by atoms with Crippen molar-refractivity contribution in [2.24, 2.45) is 11.1 Å². The molecule has 13 heteroatoms. The van der Waals surface area contributed by atoms with Crippen molar-refractivity contribution in [3.8, 4) is 0 Å². The standard InChI is InChI=1S/C50H45N5O5S3/c1-58-54-41(40-32-63-49(51-40)53-50(36-21-11-4-12-22-36,37-23-13-5-14-24-37)38-25-15-6-16-26-38)45(56)52-42-46(57)55-43(39(31-62-47(42)55)33-27-29-59-30-28-33)48(61)60-44(34-17-7-2-8-18-34)35-19-9-3-10-20-35/h2-26,32-33,42,44,47H,27-31H2,1H3,(H,51,53)(H,52,56)/b54-41-/t42?,47-/m1/s1. The molecular formula is C50H45N5O5S3. The molecule has 2 N–H and O–H groups in total. The number of aromatic nitrogens is 1. The minimum atomic E-state index is -0.851. The summed E-state index contributed by atoms with van der Waals surface area (Å²) >= 11 is 9.12. The fraction of sp³-hybridized carbons (Fsp3) is 0.220. The van der Waals surface area contributed by atoms with Crippen LogP contribution < -0.4 is 10.6 Å².